The second-order valence-electron chi connectivity index (χ2n) is 4.16. The number of rotatable bonds is 3. The van der Waals surface area contributed by atoms with Crippen LogP contribution in [0.1, 0.15) is 22.3 Å². The van der Waals surface area contributed by atoms with Crippen LogP contribution >= 0.6 is 0 Å². The van der Waals surface area contributed by atoms with Gasteiger partial charge in [-0.05, 0) is 18.2 Å². The molecule has 20 heavy (non-hydrogen) atoms. The third-order valence-electron chi connectivity index (χ3n) is 2.85. The molecule has 8 heteroatoms. The lowest BCUT2D eigenvalue weighted by molar-refractivity contribution is -0.138. The summed E-state index contributed by atoms with van der Waals surface area (Å²) in [6.07, 6.45) is -5.02. The average molecular weight is 287 g/mol. The van der Waals surface area contributed by atoms with E-state index in [0.29, 0.717) is 6.07 Å². The first-order valence-corrected chi connectivity index (χ1v) is 5.51. The van der Waals surface area contributed by atoms with E-state index >= 15 is 0 Å². The van der Waals surface area contributed by atoms with Crippen LogP contribution in [0.5, 0.6) is 0 Å². The van der Waals surface area contributed by atoms with Crippen LogP contribution in [0, 0.1) is 0 Å². The van der Waals surface area contributed by atoms with E-state index in [4.69, 9.17) is 5.11 Å². The van der Waals surface area contributed by atoms with Gasteiger partial charge in [-0.15, -0.1) is 0 Å². The van der Waals surface area contributed by atoms with Crippen molar-refractivity contribution < 1.29 is 32.7 Å². The smallest absolute Gasteiger partial charge is 0.416 e. The van der Waals surface area contributed by atoms with Crippen molar-refractivity contribution in [1.29, 1.82) is 0 Å². The van der Waals surface area contributed by atoms with Crippen molar-refractivity contribution >= 4 is 23.3 Å². The molecule has 1 amide bonds. The van der Waals surface area contributed by atoms with Gasteiger partial charge in [0.05, 0.1) is 23.2 Å². The van der Waals surface area contributed by atoms with Crippen LogP contribution < -0.4 is 4.90 Å². The predicted molar refractivity (Wildman–Crippen MR) is 60.4 cm³/mol. The molecule has 0 atom stereocenters. The van der Waals surface area contributed by atoms with Crippen molar-refractivity contribution in [3.8, 4) is 0 Å². The van der Waals surface area contributed by atoms with Crippen molar-refractivity contribution in [2.75, 3.05) is 11.4 Å². The van der Waals surface area contributed by atoms with Crippen molar-refractivity contribution in [1.82, 2.24) is 0 Å². The SMILES string of the molecule is O=C(O)CCN1C(=O)C(=O)c2cc(C(F)(F)F)ccc21. The summed E-state index contributed by atoms with van der Waals surface area (Å²) >= 11 is 0. The number of Topliss-reactive ketones (excluding diaryl/α,β-unsaturated/α-hetero) is 1. The second-order valence-corrected chi connectivity index (χ2v) is 4.16. The maximum atomic E-state index is 12.5. The summed E-state index contributed by atoms with van der Waals surface area (Å²) in [5, 5.41) is 8.55. The number of alkyl halides is 3. The van der Waals surface area contributed by atoms with Gasteiger partial charge in [0.25, 0.3) is 11.7 Å². The highest BCUT2D eigenvalue weighted by Crippen LogP contribution is 2.36. The fourth-order valence-corrected chi connectivity index (χ4v) is 1.91. The molecule has 0 aliphatic carbocycles. The summed E-state index contributed by atoms with van der Waals surface area (Å²) in [6.45, 7) is -0.266. The van der Waals surface area contributed by atoms with Crippen molar-refractivity contribution in [3.63, 3.8) is 0 Å². The van der Waals surface area contributed by atoms with E-state index in [9.17, 15) is 27.6 Å². The summed E-state index contributed by atoms with van der Waals surface area (Å²) in [5.41, 5.74) is -1.37. The first kappa shape index (κ1) is 14.0. The molecule has 0 spiro atoms. The van der Waals surface area contributed by atoms with Gasteiger partial charge in [0.1, 0.15) is 0 Å². The maximum absolute atomic E-state index is 12.5. The monoisotopic (exact) mass is 287 g/mol. The van der Waals surface area contributed by atoms with E-state index in [1.807, 2.05) is 0 Å². The quantitative estimate of drug-likeness (QED) is 0.859. The standard InChI is InChI=1S/C12H8F3NO4/c13-12(14,15)6-1-2-8-7(5-6)10(19)11(20)16(8)4-3-9(17)18/h1-2,5H,3-4H2,(H,17,18). The molecule has 0 unspecified atom stereocenters. The van der Waals surface area contributed by atoms with Crippen LogP contribution in [-0.2, 0) is 15.8 Å². The van der Waals surface area contributed by atoms with Gasteiger partial charge < -0.3 is 10.0 Å². The highest BCUT2D eigenvalue weighted by molar-refractivity contribution is 6.52. The first-order chi connectivity index (χ1) is 9.21. The maximum Gasteiger partial charge on any atom is 0.416 e. The Morgan fingerprint density at radius 3 is 2.45 bits per heavy atom. The number of carbonyl (C=O) groups is 3. The number of halogens is 3. The highest BCUT2D eigenvalue weighted by atomic mass is 19.4. The van der Waals surface area contributed by atoms with E-state index in [2.05, 4.69) is 0 Å². The number of carboxylic acids is 1. The van der Waals surface area contributed by atoms with E-state index in [1.54, 1.807) is 0 Å². The zero-order chi connectivity index (χ0) is 15.1. The minimum atomic E-state index is -4.62. The fourth-order valence-electron chi connectivity index (χ4n) is 1.91. The van der Waals surface area contributed by atoms with Crippen LogP contribution in [0.2, 0.25) is 0 Å². The van der Waals surface area contributed by atoms with Gasteiger partial charge in [0.15, 0.2) is 0 Å². The highest BCUT2D eigenvalue weighted by Gasteiger charge is 2.39. The number of ketones is 1. The number of aliphatic carboxylic acids is 1. The number of hydrogen-bond acceptors (Lipinski definition) is 3. The van der Waals surface area contributed by atoms with Gasteiger partial charge in [0, 0.05) is 6.54 Å². The molecule has 1 aromatic carbocycles. The van der Waals surface area contributed by atoms with Crippen LogP contribution in [0.3, 0.4) is 0 Å². The lowest BCUT2D eigenvalue weighted by Crippen LogP contribution is -2.31. The molecule has 0 aromatic heterocycles. The van der Waals surface area contributed by atoms with E-state index in [1.165, 1.54) is 0 Å². The number of carbonyl (C=O) groups excluding carboxylic acids is 2. The van der Waals surface area contributed by atoms with Gasteiger partial charge in [-0.1, -0.05) is 0 Å². The minimum Gasteiger partial charge on any atom is -0.481 e. The van der Waals surface area contributed by atoms with Crippen molar-refractivity contribution in [2.45, 2.75) is 12.6 Å². The molecule has 0 saturated heterocycles. The number of carboxylic acid groups (broad SMARTS) is 1. The Kier molecular flexibility index (Phi) is 3.24. The normalized spacial score (nSPS) is 14.7. The third kappa shape index (κ3) is 2.36. The average Bonchev–Trinajstić information content (AvgIpc) is 2.58. The second kappa shape index (κ2) is 4.62. The van der Waals surface area contributed by atoms with Gasteiger partial charge in [-0.3, -0.25) is 14.4 Å². The van der Waals surface area contributed by atoms with Gasteiger partial charge in [0.2, 0.25) is 0 Å². The Hall–Kier alpha value is -2.38. The van der Waals surface area contributed by atoms with E-state index in [-0.39, 0.29) is 17.8 Å². The van der Waals surface area contributed by atoms with Crippen LogP contribution in [-0.4, -0.2) is 29.3 Å². The molecule has 5 nitrogen and oxygen atoms in total. The zero-order valence-corrected chi connectivity index (χ0v) is 9.90. The lowest BCUT2D eigenvalue weighted by atomic mass is 10.1. The van der Waals surface area contributed by atoms with Crippen LogP contribution in [0.4, 0.5) is 18.9 Å². The molecule has 1 aliphatic heterocycles. The third-order valence-corrected chi connectivity index (χ3v) is 2.85. The van der Waals surface area contributed by atoms with Gasteiger partial charge in [-0.2, -0.15) is 13.2 Å². The molecule has 1 heterocycles. The Balaban J connectivity index is 2.39. The summed E-state index contributed by atoms with van der Waals surface area (Å²) in [5.74, 6) is -3.25. The molecule has 2 rings (SSSR count). The zero-order valence-electron chi connectivity index (χ0n) is 9.90. The number of nitrogens with zero attached hydrogens (tertiary/aromatic N) is 1. The molecule has 106 valence electrons. The molecular formula is C12H8F3NO4. The molecule has 0 saturated carbocycles. The Morgan fingerprint density at radius 2 is 1.90 bits per heavy atom. The first-order valence-electron chi connectivity index (χ1n) is 5.51. The van der Waals surface area contributed by atoms with Crippen LogP contribution in [0.25, 0.3) is 0 Å². The molecule has 1 aromatic rings. The summed E-state index contributed by atoms with van der Waals surface area (Å²) in [6, 6.07) is 2.36. The summed E-state index contributed by atoms with van der Waals surface area (Å²) < 4.78 is 37.6. The number of hydrogen-bond donors (Lipinski definition) is 1. The molecular weight excluding hydrogens is 279 g/mol. The molecule has 0 fully saturated rings. The van der Waals surface area contributed by atoms with Gasteiger partial charge in [-0.25, -0.2) is 0 Å². The molecule has 1 aliphatic rings. The Morgan fingerprint density at radius 1 is 1.25 bits per heavy atom. The topological polar surface area (TPSA) is 74.7 Å². The fraction of sp³-hybridized carbons (Fsp3) is 0.250. The molecule has 0 radical (unpaired) electrons. The number of anilines is 1. The minimum absolute atomic E-state index is 0.00856. The summed E-state index contributed by atoms with van der Waals surface area (Å²) in [7, 11) is 0. The Bertz CT molecular complexity index is 609. The van der Waals surface area contributed by atoms with E-state index < -0.39 is 35.8 Å². The largest absolute Gasteiger partial charge is 0.481 e. The lowest BCUT2D eigenvalue weighted by Gasteiger charge is -2.15. The molecule has 0 bridgehead atoms. The summed E-state index contributed by atoms with van der Waals surface area (Å²) in [4.78, 5) is 34.6. The Labute approximate surface area is 110 Å². The van der Waals surface area contributed by atoms with Crippen LogP contribution in [0.15, 0.2) is 18.2 Å². The van der Waals surface area contributed by atoms with E-state index in [0.717, 1.165) is 17.0 Å². The number of benzene rings is 1. The van der Waals surface area contributed by atoms with Gasteiger partial charge >= 0.3 is 12.1 Å². The van der Waals surface area contributed by atoms with Crippen molar-refractivity contribution in [2.24, 2.45) is 0 Å². The number of amides is 1. The molecule has 1 N–H and O–H groups in total. The predicted octanol–water partition coefficient (Wildman–Crippen LogP) is 1.71. The van der Waals surface area contributed by atoms with Crippen molar-refractivity contribution in [3.05, 3.63) is 29.3 Å². The number of fused-ring (bicyclic) bond motifs is 1.